The van der Waals surface area contributed by atoms with E-state index in [0.29, 0.717) is 0 Å². The number of alkyl halides is 2. The topological polar surface area (TPSA) is 60.9 Å². The second-order valence-corrected chi connectivity index (χ2v) is 4.16. The van der Waals surface area contributed by atoms with Gasteiger partial charge in [-0.25, -0.2) is 18.4 Å². The Morgan fingerprint density at radius 1 is 1.35 bits per heavy atom. The van der Waals surface area contributed by atoms with E-state index in [0.717, 1.165) is 9.80 Å². The number of hydrogen-bond acceptors (Lipinski definition) is 2. The summed E-state index contributed by atoms with van der Waals surface area (Å²) >= 11 is 0. The second kappa shape index (κ2) is 5.79. The maximum Gasteiger partial charge on any atom is 0.329 e. The molecule has 0 unspecified atom stereocenters. The molecule has 0 atom stereocenters. The van der Waals surface area contributed by atoms with Crippen LogP contribution in [0.2, 0.25) is 0 Å². The Morgan fingerprint density at radius 2 is 1.82 bits per heavy atom. The summed E-state index contributed by atoms with van der Waals surface area (Å²) in [6, 6.07) is -0.722. The fraction of sp³-hybridized carbons (Fsp3) is 0.800. The number of carbonyl (C=O) groups is 2. The highest BCUT2D eigenvalue weighted by atomic mass is 19.3. The molecule has 0 aromatic heterocycles. The highest BCUT2D eigenvalue weighted by molar-refractivity contribution is 5.85. The molecular weight excluding hydrogens is 234 g/mol. The zero-order valence-electron chi connectivity index (χ0n) is 10.4. The van der Waals surface area contributed by atoms with Crippen LogP contribution in [-0.4, -0.2) is 59.0 Å². The lowest BCUT2D eigenvalue weighted by Crippen LogP contribution is -2.56. The second-order valence-electron chi connectivity index (χ2n) is 4.16. The van der Waals surface area contributed by atoms with Crippen LogP contribution in [0, 0.1) is 0 Å². The van der Waals surface area contributed by atoms with Gasteiger partial charge in [-0.1, -0.05) is 0 Å². The zero-order valence-corrected chi connectivity index (χ0v) is 10.4. The summed E-state index contributed by atoms with van der Waals surface area (Å²) in [5.41, 5.74) is -1.43. The first-order chi connectivity index (χ1) is 7.64. The fourth-order valence-electron chi connectivity index (χ4n) is 1.38. The first kappa shape index (κ1) is 15.6. The van der Waals surface area contributed by atoms with Crippen molar-refractivity contribution in [3.63, 3.8) is 0 Å². The number of rotatable bonds is 5. The molecule has 0 heterocycles. The average Bonchev–Trinajstić information content (AvgIpc) is 2.16. The number of carbonyl (C=O) groups excluding carboxylic acids is 1. The molecule has 0 aromatic carbocycles. The molecule has 17 heavy (non-hydrogen) atoms. The van der Waals surface area contributed by atoms with Crippen molar-refractivity contribution in [3.8, 4) is 0 Å². The minimum atomic E-state index is -2.64. The van der Waals surface area contributed by atoms with Crippen LogP contribution in [0.1, 0.15) is 20.8 Å². The predicted molar refractivity (Wildman–Crippen MR) is 58.1 cm³/mol. The van der Waals surface area contributed by atoms with Gasteiger partial charge >= 0.3 is 12.0 Å². The maximum atomic E-state index is 12.1. The van der Waals surface area contributed by atoms with Crippen molar-refractivity contribution in [1.82, 2.24) is 9.80 Å². The van der Waals surface area contributed by atoms with Gasteiger partial charge in [0.15, 0.2) is 0 Å². The zero-order chi connectivity index (χ0) is 13.8. The molecule has 0 saturated heterocycles. The summed E-state index contributed by atoms with van der Waals surface area (Å²) in [5, 5.41) is 8.99. The van der Waals surface area contributed by atoms with E-state index in [-0.39, 0.29) is 6.54 Å². The number of carboxylic acid groups (broad SMARTS) is 1. The normalized spacial score (nSPS) is 11.5. The molecule has 0 aliphatic carbocycles. The lowest BCUT2D eigenvalue weighted by molar-refractivity contribution is -0.147. The Bertz CT molecular complexity index is 295. The van der Waals surface area contributed by atoms with Crippen molar-refractivity contribution in [3.05, 3.63) is 0 Å². The third-order valence-electron chi connectivity index (χ3n) is 2.48. The van der Waals surface area contributed by atoms with Gasteiger partial charge in [0.25, 0.3) is 6.43 Å². The molecule has 2 amide bonds. The van der Waals surface area contributed by atoms with E-state index in [1.807, 2.05) is 0 Å². The third-order valence-corrected chi connectivity index (χ3v) is 2.48. The van der Waals surface area contributed by atoms with Gasteiger partial charge in [0.2, 0.25) is 0 Å². The van der Waals surface area contributed by atoms with Crippen LogP contribution < -0.4 is 0 Å². The van der Waals surface area contributed by atoms with Crippen LogP contribution in [0.4, 0.5) is 13.6 Å². The van der Waals surface area contributed by atoms with Crippen LogP contribution >= 0.6 is 0 Å². The standard InChI is InChI=1S/C10H18F2N2O3/c1-5-14(10(2,3)8(15)16)9(17)13(4)6-7(11)12/h7H,5-6H2,1-4H3,(H,15,16). The Kier molecular flexibility index (Phi) is 5.31. The molecule has 1 N–H and O–H groups in total. The van der Waals surface area contributed by atoms with E-state index < -0.39 is 30.5 Å². The highest BCUT2D eigenvalue weighted by Crippen LogP contribution is 2.16. The van der Waals surface area contributed by atoms with Crippen molar-refractivity contribution < 1.29 is 23.5 Å². The minimum absolute atomic E-state index is 0.131. The summed E-state index contributed by atoms with van der Waals surface area (Å²) < 4.78 is 24.3. The quantitative estimate of drug-likeness (QED) is 0.806. The van der Waals surface area contributed by atoms with Gasteiger partial charge in [-0.05, 0) is 20.8 Å². The number of likely N-dealkylation sites (N-methyl/N-ethyl adjacent to an activating group) is 1. The van der Waals surface area contributed by atoms with Crippen LogP contribution in [0.5, 0.6) is 0 Å². The molecule has 0 rings (SSSR count). The average molecular weight is 252 g/mol. The smallest absolute Gasteiger partial charge is 0.329 e. The van der Waals surface area contributed by atoms with Crippen LogP contribution in [0.3, 0.4) is 0 Å². The monoisotopic (exact) mass is 252 g/mol. The summed E-state index contributed by atoms with van der Waals surface area (Å²) in [6.45, 7) is 3.72. The summed E-state index contributed by atoms with van der Waals surface area (Å²) in [5.74, 6) is -1.18. The van der Waals surface area contributed by atoms with Gasteiger partial charge in [0, 0.05) is 13.6 Å². The molecule has 5 nitrogen and oxygen atoms in total. The number of amides is 2. The molecule has 0 bridgehead atoms. The molecule has 0 fully saturated rings. The van der Waals surface area contributed by atoms with Gasteiger partial charge in [0.05, 0.1) is 6.54 Å². The van der Waals surface area contributed by atoms with Gasteiger partial charge in [-0.15, -0.1) is 0 Å². The number of hydrogen-bond donors (Lipinski definition) is 1. The minimum Gasteiger partial charge on any atom is -0.480 e. The van der Waals surface area contributed by atoms with Crippen molar-refractivity contribution in [1.29, 1.82) is 0 Å². The van der Waals surface area contributed by atoms with Gasteiger partial charge in [-0.2, -0.15) is 0 Å². The number of urea groups is 1. The molecule has 7 heteroatoms. The Hall–Kier alpha value is -1.40. The lowest BCUT2D eigenvalue weighted by atomic mass is 10.0. The van der Waals surface area contributed by atoms with E-state index in [9.17, 15) is 18.4 Å². The first-order valence-electron chi connectivity index (χ1n) is 5.18. The first-order valence-corrected chi connectivity index (χ1v) is 5.18. The third kappa shape index (κ3) is 3.83. The summed E-state index contributed by atoms with van der Waals surface area (Å²) in [7, 11) is 1.22. The predicted octanol–water partition coefficient (Wildman–Crippen LogP) is 1.49. The molecule has 0 radical (unpaired) electrons. The Morgan fingerprint density at radius 3 is 2.12 bits per heavy atom. The highest BCUT2D eigenvalue weighted by Gasteiger charge is 2.38. The largest absolute Gasteiger partial charge is 0.480 e. The van der Waals surface area contributed by atoms with Crippen LogP contribution in [0.25, 0.3) is 0 Å². The Labute approximate surface area is 99.0 Å². The Balaban J connectivity index is 4.89. The molecule has 0 aliphatic rings. The lowest BCUT2D eigenvalue weighted by Gasteiger charge is -2.36. The van der Waals surface area contributed by atoms with E-state index >= 15 is 0 Å². The van der Waals surface area contributed by atoms with Crippen molar-refractivity contribution in [2.75, 3.05) is 20.1 Å². The number of nitrogens with zero attached hydrogens (tertiary/aromatic N) is 2. The van der Waals surface area contributed by atoms with E-state index in [4.69, 9.17) is 5.11 Å². The van der Waals surface area contributed by atoms with Crippen molar-refractivity contribution in [2.45, 2.75) is 32.7 Å². The van der Waals surface area contributed by atoms with Gasteiger partial charge in [-0.3, -0.25) is 0 Å². The van der Waals surface area contributed by atoms with Crippen LogP contribution in [0.15, 0.2) is 0 Å². The maximum absolute atomic E-state index is 12.1. The van der Waals surface area contributed by atoms with Gasteiger partial charge in [0.1, 0.15) is 5.54 Å². The molecule has 0 spiro atoms. The van der Waals surface area contributed by atoms with E-state index in [2.05, 4.69) is 0 Å². The van der Waals surface area contributed by atoms with E-state index in [1.54, 1.807) is 6.92 Å². The van der Waals surface area contributed by atoms with Crippen LogP contribution in [-0.2, 0) is 4.79 Å². The summed E-state index contributed by atoms with van der Waals surface area (Å²) in [6.07, 6.45) is -2.64. The summed E-state index contributed by atoms with van der Waals surface area (Å²) in [4.78, 5) is 24.7. The molecule has 100 valence electrons. The van der Waals surface area contributed by atoms with Crippen molar-refractivity contribution in [2.24, 2.45) is 0 Å². The van der Waals surface area contributed by atoms with Gasteiger partial charge < -0.3 is 14.9 Å². The van der Waals surface area contributed by atoms with Crippen molar-refractivity contribution >= 4 is 12.0 Å². The number of carboxylic acids is 1. The molecule has 0 aliphatic heterocycles. The SMILES string of the molecule is CCN(C(=O)N(C)CC(F)F)C(C)(C)C(=O)O. The number of aliphatic carboxylic acids is 1. The molecule has 0 saturated carbocycles. The van der Waals surface area contributed by atoms with E-state index in [1.165, 1.54) is 20.9 Å². The molecular formula is C10H18F2N2O3. The molecule has 0 aromatic rings. The fourth-order valence-corrected chi connectivity index (χ4v) is 1.38. The number of halogens is 2.